The predicted molar refractivity (Wildman–Crippen MR) is 124 cm³/mol. The number of nitrogens with one attached hydrogen (secondary N) is 1. The number of amides is 1. The molecular weight excluding hydrogens is 430 g/mol. The average molecular weight is 458 g/mol. The molecule has 6 nitrogen and oxygen atoms in total. The van der Waals surface area contributed by atoms with Crippen LogP contribution in [0.15, 0.2) is 53.7 Å². The number of aryl methyl sites for hydroxylation is 2. The second-order valence-electron chi connectivity index (χ2n) is 8.02. The van der Waals surface area contributed by atoms with Gasteiger partial charge in [-0.15, -0.1) is 11.3 Å². The Kier molecular flexibility index (Phi) is 6.05. The molecule has 31 heavy (non-hydrogen) atoms. The van der Waals surface area contributed by atoms with E-state index in [0.717, 1.165) is 21.0 Å². The Balaban J connectivity index is 1.44. The lowest BCUT2D eigenvalue weighted by Gasteiger charge is -2.31. The van der Waals surface area contributed by atoms with Gasteiger partial charge in [0.05, 0.1) is 10.5 Å². The molecule has 4 rings (SSSR count). The first-order valence-electron chi connectivity index (χ1n) is 10.4. The minimum absolute atomic E-state index is 0.0471. The molecule has 0 aliphatic carbocycles. The SMILES string of the molecule is Cc1ccc(S(=O)(=O)N2CCC(NC(=O)c3c(-n4cccc4)sc(C)c3C)CC2)cc1. The summed E-state index contributed by atoms with van der Waals surface area (Å²) in [5.41, 5.74) is 2.72. The van der Waals surface area contributed by atoms with Crippen LogP contribution in [0.2, 0.25) is 0 Å². The smallest absolute Gasteiger partial charge is 0.254 e. The first kappa shape index (κ1) is 21.8. The molecule has 1 N–H and O–H groups in total. The highest BCUT2D eigenvalue weighted by molar-refractivity contribution is 7.89. The number of aromatic nitrogens is 1. The molecule has 3 heterocycles. The lowest BCUT2D eigenvalue weighted by molar-refractivity contribution is 0.0923. The lowest BCUT2D eigenvalue weighted by atomic mass is 10.1. The number of hydrogen-bond acceptors (Lipinski definition) is 4. The van der Waals surface area contributed by atoms with Gasteiger partial charge in [0.2, 0.25) is 10.0 Å². The van der Waals surface area contributed by atoms with Crippen LogP contribution < -0.4 is 5.32 Å². The van der Waals surface area contributed by atoms with E-state index in [1.807, 2.05) is 62.0 Å². The van der Waals surface area contributed by atoms with Crippen molar-refractivity contribution in [2.75, 3.05) is 13.1 Å². The van der Waals surface area contributed by atoms with E-state index in [0.29, 0.717) is 36.4 Å². The van der Waals surface area contributed by atoms with Crippen molar-refractivity contribution in [2.24, 2.45) is 0 Å². The third kappa shape index (κ3) is 4.33. The topological polar surface area (TPSA) is 71.4 Å². The van der Waals surface area contributed by atoms with E-state index in [2.05, 4.69) is 5.32 Å². The van der Waals surface area contributed by atoms with Gasteiger partial charge >= 0.3 is 0 Å². The molecule has 0 atom stereocenters. The van der Waals surface area contributed by atoms with Crippen LogP contribution in [0.5, 0.6) is 0 Å². The van der Waals surface area contributed by atoms with Crippen molar-refractivity contribution < 1.29 is 13.2 Å². The van der Waals surface area contributed by atoms with Crippen LogP contribution in [0.4, 0.5) is 0 Å². The highest BCUT2D eigenvalue weighted by atomic mass is 32.2. The van der Waals surface area contributed by atoms with Gasteiger partial charge in [-0.05, 0) is 63.4 Å². The maximum absolute atomic E-state index is 13.1. The largest absolute Gasteiger partial charge is 0.349 e. The van der Waals surface area contributed by atoms with Gasteiger partial charge in [-0.2, -0.15) is 4.31 Å². The van der Waals surface area contributed by atoms with Crippen LogP contribution in [0.1, 0.15) is 39.2 Å². The summed E-state index contributed by atoms with van der Waals surface area (Å²) in [7, 11) is -3.50. The highest BCUT2D eigenvalue weighted by Crippen LogP contribution is 2.31. The number of thiophene rings is 1. The van der Waals surface area contributed by atoms with Crippen molar-refractivity contribution in [1.29, 1.82) is 0 Å². The third-order valence-corrected chi connectivity index (χ3v) is 9.01. The zero-order valence-electron chi connectivity index (χ0n) is 18.0. The number of piperidine rings is 1. The molecular formula is C23H27N3O3S2. The van der Waals surface area contributed by atoms with Crippen LogP contribution in [0.3, 0.4) is 0 Å². The Labute approximate surface area is 187 Å². The molecule has 3 aromatic rings. The Morgan fingerprint density at radius 2 is 1.65 bits per heavy atom. The zero-order chi connectivity index (χ0) is 22.2. The molecule has 0 bridgehead atoms. The number of carbonyl (C=O) groups is 1. The Hall–Kier alpha value is -2.42. The summed E-state index contributed by atoms with van der Waals surface area (Å²) < 4.78 is 29.3. The van der Waals surface area contributed by atoms with Crippen LogP contribution in [-0.4, -0.2) is 42.3 Å². The number of carbonyl (C=O) groups excluding carboxylic acids is 1. The Bertz CT molecular complexity index is 1170. The third-order valence-electron chi connectivity index (χ3n) is 5.88. The Morgan fingerprint density at radius 1 is 1.03 bits per heavy atom. The number of rotatable bonds is 5. The van der Waals surface area contributed by atoms with E-state index in [4.69, 9.17) is 0 Å². The second kappa shape index (κ2) is 8.61. The van der Waals surface area contributed by atoms with Gasteiger partial charge in [0.25, 0.3) is 5.91 Å². The van der Waals surface area contributed by atoms with Crippen LogP contribution in [-0.2, 0) is 10.0 Å². The summed E-state index contributed by atoms with van der Waals surface area (Å²) in [4.78, 5) is 14.6. The van der Waals surface area contributed by atoms with E-state index in [1.54, 1.807) is 23.5 Å². The van der Waals surface area contributed by atoms with Gasteiger partial charge in [0, 0.05) is 36.4 Å². The molecule has 164 valence electrons. The van der Waals surface area contributed by atoms with Gasteiger partial charge in [0.1, 0.15) is 5.00 Å². The number of nitrogens with zero attached hydrogens (tertiary/aromatic N) is 2. The van der Waals surface area contributed by atoms with E-state index < -0.39 is 10.0 Å². The van der Waals surface area contributed by atoms with Crippen LogP contribution in [0, 0.1) is 20.8 Å². The fourth-order valence-corrected chi connectivity index (χ4v) is 6.48. The molecule has 1 saturated heterocycles. The molecule has 1 amide bonds. The molecule has 0 saturated carbocycles. The lowest BCUT2D eigenvalue weighted by Crippen LogP contribution is -2.46. The summed E-state index contributed by atoms with van der Waals surface area (Å²) >= 11 is 1.61. The number of benzene rings is 1. The first-order chi connectivity index (χ1) is 14.8. The normalized spacial score (nSPS) is 15.8. The molecule has 0 radical (unpaired) electrons. The predicted octanol–water partition coefficient (Wildman–Crippen LogP) is 4.05. The first-order valence-corrected chi connectivity index (χ1v) is 12.6. The highest BCUT2D eigenvalue weighted by Gasteiger charge is 2.31. The number of hydrogen-bond donors (Lipinski definition) is 1. The Morgan fingerprint density at radius 3 is 2.26 bits per heavy atom. The molecule has 2 aromatic heterocycles. The summed E-state index contributed by atoms with van der Waals surface area (Å²) in [5.74, 6) is -0.0922. The minimum Gasteiger partial charge on any atom is -0.349 e. The molecule has 8 heteroatoms. The summed E-state index contributed by atoms with van der Waals surface area (Å²) in [6.45, 7) is 6.73. The maximum atomic E-state index is 13.1. The zero-order valence-corrected chi connectivity index (χ0v) is 19.6. The van der Waals surface area contributed by atoms with E-state index in [9.17, 15) is 13.2 Å². The van der Waals surface area contributed by atoms with E-state index >= 15 is 0 Å². The van der Waals surface area contributed by atoms with Gasteiger partial charge in [-0.3, -0.25) is 4.79 Å². The van der Waals surface area contributed by atoms with Crippen molar-refractivity contribution >= 4 is 27.3 Å². The summed E-state index contributed by atoms with van der Waals surface area (Å²) in [6, 6.07) is 10.8. The van der Waals surface area contributed by atoms with Crippen LogP contribution in [0.25, 0.3) is 5.00 Å². The van der Waals surface area contributed by atoms with Gasteiger partial charge < -0.3 is 9.88 Å². The molecule has 0 unspecified atom stereocenters. The second-order valence-corrected chi connectivity index (χ2v) is 11.2. The quantitative estimate of drug-likeness (QED) is 0.628. The molecule has 0 spiro atoms. The van der Waals surface area contributed by atoms with Crippen molar-refractivity contribution in [3.63, 3.8) is 0 Å². The number of sulfonamides is 1. The van der Waals surface area contributed by atoms with Crippen molar-refractivity contribution in [3.8, 4) is 5.00 Å². The van der Waals surface area contributed by atoms with Crippen LogP contribution >= 0.6 is 11.3 Å². The average Bonchev–Trinajstić information content (AvgIpc) is 3.37. The van der Waals surface area contributed by atoms with E-state index in [-0.39, 0.29) is 11.9 Å². The molecule has 1 fully saturated rings. The minimum atomic E-state index is -3.50. The molecule has 1 aromatic carbocycles. The fourth-order valence-electron chi connectivity index (χ4n) is 3.89. The monoisotopic (exact) mass is 457 g/mol. The van der Waals surface area contributed by atoms with Crippen molar-refractivity contribution in [2.45, 2.75) is 44.6 Å². The molecule has 1 aliphatic heterocycles. The standard InChI is InChI=1S/C23H27N3O3S2/c1-16-6-8-20(9-7-16)31(28,29)26-14-10-19(11-15-26)24-22(27)21-17(2)18(3)30-23(21)25-12-4-5-13-25/h4-9,12-13,19H,10-11,14-15H2,1-3H3,(H,24,27). The fraction of sp³-hybridized carbons (Fsp3) is 0.348. The summed E-state index contributed by atoms with van der Waals surface area (Å²) in [5, 5.41) is 4.06. The summed E-state index contributed by atoms with van der Waals surface area (Å²) in [6.07, 6.45) is 5.07. The van der Waals surface area contributed by atoms with E-state index in [1.165, 1.54) is 4.31 Å². The van der Waals surface area contributed by atoms with Crippen molar-refractivity contribution in [3.05, 3.63) is 70.4 Å². The van der Waals surface area contributed by atoms with Gasteiger partial charge in [-0.25, -0.2) is 8.42 Å². The van der Waals surface area contributed by atoms with Gasteiger partial charge in [0.15, 0.2) is 0 Å². The molecule has 1 aliphatic rings. The van der Waals surface area contributed by atoms with Crippen molar-refractivity contribution in [1.82, 2.24) is 14.2 Å². The maximum Gasteiger partial charge on any atom is 0.254 e. The van der Waals surface area contributed by atoms with Gasteiger partial charge in [-0.1, -0.05) is 17.7 Å².